The molecule has 17 heavy (non-hydrogen) atoms. The number of benzene rings is 1. The van der Waals surface area contributed by atoms with E-state index in [1.165, 1.54) is 0 Å². The van der Waals surface area contributed by atoms with Crippen molar-refractivity contribution in [3.05, 3.63) is 46.7 Å². The van der Waals surface area contributed by atoms with Crippen LogP contribution < -0.4 is 5.73 Å². The molecule has 1 aromatic heterocycles. The maximum absolute atomic E-state index is 8.91. The highest BCUT2D eigenvalue weighted by Crippen LogP contribution is 2.27. The minimum Gasteiger partial charge on any atom is -0.399 e. The van der Waals surface area contributed by atoms with Crippen molar-refractivity contribution in [2.75, 3.05) is 5.73 Å². The molecule has 0 spiro atoms. The van der Waals surface area contributed by atoms with E-state index in [1.807, 2.05) is 31.2 Å². The monoisotopic (exact) mass is 243 g/mol. The lowest BCUT2D eigenvalue weighted by Crippen LogP contribution is -1.91. The second-order valence-electron chi connectivity index (χ2n) is 3.75. The molecule has 4 heteroatoms. The third kappa shape index (κ3) is 2.22. The van der Waals surface area contributed by atoms with Gasteiger partial charge in [0.2, 0.25) is 0 Å². The van der Waals surface area contributed by atoms with E-state index in [2.05, 4.69) is 4.98 Å². The molecule has 2 rings (SSSR count). The zero-order valence-corrected chi connectivity index (χ0v) is 9.99. The number of nitriles is 1. The zero-order valence-electron chi connectivity index (χ0n) is 9.24. The SMILES string of the molecule is Cc1ccc(N)cc1-c1cnc(Cl)c(C#N)c1. The van der Waals surface area contributed by atoms with Crippen molar-refractivity contribution in [1.29, 1.82) is 5.26 Å². The van der Waals surface area contributed by atoms with Gasteiger partial charge in [0, 0.05) is 17.4 Å². The average Bonchev–Trinajstić information content (AvgIpc) is 2.33. The number of nitrogen functional groups attached to an aromatic ring is 1. The largest absolute Gasteiger partial charge is 0.399 e. The summed E-state index contributed by atoms with van der Waals surface area (Å²) < 4.78 is 0. The van der Waals surface area contributed by atoms with Crippen LogP contribution in [0.5, 0.6) is 0 Å². The van der Waals surface area contributed by atoms with Gasteiger partial charge in [-0.3, -0.25) is 0 Å². The Balaban J connectivity index is 2.61. The molecule has 0 unspecified atom stereocenters. The highest BCUT2D eigenvalue weighted by atomic mass is 35.5. The number of aromatic nitrogens is 1. The first-order chi connectivity index (χ1) is 8.11. The molecule has 0 saturated carbocycles. The molecule has 2 N–H and O–H groups in total. The normalized spacial score (nSPS) is 9.94. The highest BCUT2D eigenvalue weighted by molar-refractivity contribution is 6.30. The molecule has 1 aromatic carbocycles. The van der Waals surface area contributed by atoms with E-state index in [1.54, 1.807) is 12.3 Å². The van der Waals surface area contributed by atoms with Crippen LogP contribution in [0.4, 0.5) is 5.69 Å². The minimum atomic E-state index is 0.220. The van der Waals surface area contributed by atoms with Gasteiger partial charge >= 0.3 is 0 Å². The van der Waals surface area contributed by atoms with Gasteiger partial charge in [0.1, 0.15) is 11.2 Å². The number of rotatable bonds is 1. The number of nitrogens with zero attached hydrogens (tertiary/aromatic N) is 2. The molecular formula is C13H10ClN3. The van der Waals surface area contributed by atoms with Gasteiger partial charge in [0.25, 0.3) is 0 Å². The van der Waals surface area contributed by atoms with Crippen LogP contribution in [0, 0.1) is 18.3 Å². The second-order valence-corrected chi connectivity index (χ2v) is 4.11. The molecule has 1 heterocycles. The molecule has 0 aliphatic rings. The average molecular weight is 244 g/mol. The predicted octanol–water partition coefficient (Wildman–Crippen LogP) is 3.16. The molecule has 0 bridgehead atoms. The highest BCUT2D eigenvalue weighted by Gasteiger charge is 2.07. The van der Waals surface area contributed by atoms with Gasteiger partial charge in [-0.1, -0.05) is 17.7 Å². The number of nitrogens with two attached hydrogens (primary N) is 1. The van der Waals surface area contributed by atoms with Crippen molar-refractivity contribution in [3.8, 4) is 17.2 Å². The molecule has 0 aliphatic heterocycles. The quantitative estimate of drug-likeness (QED) is 0.618. The molecule has 0 fully saturated rings. The van der Waals surface area contributed by atoms with E-state index in [0.717, 1.165) is 16.7 Å². The Hall–Kier alpha value is -2.05. The van der Waals surface area contributed by atoms with E-state index in [4.69, 9.17) is 22.6 Å². The Morgan fingerprint density at radius 1 is 1.35 bits per heavy atom. The van der Waals surface area contributed by atoms with Gasteiger partial charge in [0.15, 0.2) is 0 Å². The summed E-state index contributed by atoms with van der Waals surface area (Å²) in [7, 11) is 0. The first kappa shape index (κ1) is 11.4. The second kappa shape index (κ2) is 4.44. The summed E-state index contributed by atoms with van der Waals surface area (Å²) in [5, 5.41) is 9.13. The van der Waals surface area contributed by atoms with Crippen LogP contribution in [-0.4, -0.2) is 4.98 Å². The number of pyridine rings is 1. The standard InChI is InChI=1S/C13H10ClN3/c1-8-2-3-11(16)5-12(8)10-4-9(6-15)13(14)17-7-10/h2-5,7H,16H2,1H3. The molecular weight excluding hydrogens is 234 g/mol. The lowest BCUT2D eigenvalue weighted by Gasteiger charge is -2.07. The molecule has 2 aromatic rings. The van der Waals surface area contributed by atoms with E-state index < -0.39 is 0 Å². The van der Waals surface area contributed by atoms with Gasteiger partial charge in [-0.05, 0) is 36.2 Å². The van der Waals surface area contributed by atoms with Crippen molar-refractivity contribution in [2.24, 2.45) is 0 Å². The number of hydrogen-bond acceptors (Lipinski definition) is 3. The third-order valence-corrected chi connectivity index (χ3v) is 2.83. The third-order valence-electron chi connectivity index (χ3n) is 2.53. The molecule has 84 valence electrons. The van der Waals surface area contributed by atoms with E-state index in [0.29, 0.717) is 11.3 Å². The van der Waals surface area contributed by atoms with Crippen LogP contribution in [0.3, 0.4) is 0 Å². The molecule has 0 aliphatic carbocycles. The summed E-state index contributed by atoms with van der Waals surface area (Å²) in [6.07, 6.45) is 1.64. The van der Waals surface area contributed by atoms with Crippen molar-refractivity contribution < 1.29 is 0 Å². The lowest BCUT2D eigenvalue weighted by molar-refractivity contribution is 1.29. The van der Waals surface area contributed by atoms with Crippen LogP contribution in [0.15, 0.2) is 30.5 Å². The van der Waals surface area contributed by atoms with Crippen LogP contribution >= 0.6 is 11.6 Å². The maximum Gasteiger partial charge on any atom is 0.146 e. The fourth-order valence-electron chi connectivity index (χ4n) is 1.62. The van der Waals surface area contributed by atoms with Crippen molar-refractivity contribution in [1.82, 2.24) is 4.98 Å². The summed E-state index contributed by atoms with van der Waals surface area (Å²) in [6, 6.07) is 9.37. The van der Waals surface area contributed by atoms with Gasteiger partial charge in [0.05, 0.1) is 5.56 Å². The molecule has 0 atom stereocenters. The topological polar surface area (TPSA) is 62.7 Å². The Bertz CT molecular complexity index is 615. The Kier molecular flexibility index (Phi) is 2.99. The van der Waals surface area contributed by atoms with Crippen molar-refractivity contribution in [2.45, 2.75) is 6.92 Å². The fraction of sp³-hybridized carbons (Fsp3) is 0.0769. The maximum atomic E-state index is 8.91. The summed E-state index contributed by atoms with van der Waals surface area (Å²) in [5.41, 5.74) is 9.68. The molecule has 0 amide bonds. The van der Waals surface area contributed by atoms with E-state index in [-0.39, 0.29) is 5.15 Å². The van der Waals surface area contributed by atoms with Crippen molar-refractivity contribution in [3.63, 3.8) is 0 Å². The predicted molar refractivity (Wildman–Crippen MR) is 68.5 cm³/mol. The first-order valence-electron chi connectivity index (χ1n) is 5.04. The van der Waals surface area contributed by atoms with Crippen LogP contribution in [0.2, 0.25) is 5.15 Å². The van der Waals surface area contributed by atoms with Gasteiger partial charge < -0.3 is 5.73 Å². The van der Waals surface area contributed by atoms with Crippen LogP contribution in [0.25, 0.3) is 11.1 Å². The summed E-state index contributed by atoms with van der Waals surface area (Å²) in [6.45, 7) is 1.98. The molecule has 3 nitrogen and oxygen atoms in total. The van der Waals surface area contributed by atoms with E-state index >= 15 is 0 Å². The summed E-state index contributed by atoms with van der Waals surface area (Å²) >= 11 is 5.80. The minimum absolute atomic E-state index is 0.220. The zero-order chi connectivity index (χ0) is 12.4. The molecule has 0 radical (unpaired) electrons. The first-order valence-corrected chi connectivity index (χ1v) is 5.42. The summed E-state index contributed by atoms with van der Waals surface area (Å²) in [4.78, 5) is 4.00. The van der Waals surface area contributed by atoms with Crippen LogP contribution in [0.1, 0.15) is 11.1 Å². The number of aryl methyl sites for hydroxylation is 1. The smallest absolute Gasteiger partial charge is 0.146 e. The number of anilines is 1. The molecule has 0 saturated heterocycles. The van der Waals surface area contributed by atoms with Crippen molar-refractivity contribution >= 4 is 17.3 Å². The van der Waals surface area contributed by atoms with Crippen LogP contribution in [-0.2, 0) is 0 Å². The van der Waals surface area contributed by atoms with Gasteiger partial charge in [-0.2, -0.15) is 5.26 Å². The Morgan fingerprint density at radius 3 is 2.82 bits per heavy atom. The van der Waals surface area contributed by atoms with E-state index in [9.17, 15) is 0 Å². The Labute approximate surface area is 104 Å². The lowest BCUT2D eigenvalue weighted by atomic mass is 10.0. The summed E-state index contributed by atoms with van der Waals surface area (Å²) in [5.74, 6) is 0. The van der Waals surface area contributed by atoms with Gasteiger partial charge in [-0.15, -0.1) is 0 Å². The Morgan fingerprint density at radius 2 is 2.12 bits per heavy atom. The number of halogens is 1. The fourth-order valence-corrected chi connectivity index (χ4v) is 1.77. The number of hydrogen-bond donors (Lipinski definition) is 1. The van der Waals surface area contributed by atoms with Gasteiger partial charge in [-0.25, -0.2) is 4.98 Å².